The molecule has 0 bridgehead atoms. The van der Waals surface area contributed by atoms with Crippen molar-refractivity contribution < 1.29 is 14.3 Å². The van der Waals surface area contributed by atoms with Gasteiger partial charge < -0.3 is 0 Å². The van der Waals surface area contributed by atoms with Gasteiger partial charge in [0.15, 0.2) is 0 Å². The van der Waals surface area contributed by atoms with Crippen LogP contribution < -0.4 is 0 Å². The van der Waals surface area contributed by atoms with E-state index in [1.54, 1.807) is 0 Å². The minimum atomic E-state index is -0.874. The van der Waals surface area contributed by atoms with Crippen LogP contribution in [0.3, 0.4) is 0 Å². The van der Waals surface area contributed by atoms with Gasteiger partial charge in [-0.25, -0.2) is 9.74 Å². The van der Waals surface area contributed by atoms with E-state index >= 15 is 0 Å². The topological polar surface area (TPSA) is 29.5 Å². The Hall–Kier alpha value is -2.46. The van der Waals surface area contributed by atoms with Crippen molar-refractivity contribution in [2.75, 3.05) is 13.1 Å². The summed E-state index contributed by atoms with van der Waals surface area (Å²) in [6.45, 7) is 6.31. The molecule has 0 aromatic heterocycles. The molecule has 0 atom stereocenters. The van der Waals surface area contributed by atoms with Crippen molar-refractivity contribution in [3.05, 3.63) is 83.0 Å². The molecule has 136 valence electrons. The van der Waals surface area contributed by atoms with Crippen molar-refractivity contribution >= 4 is 5.97 Å². The van der Waals surface area contributed by atoms with Gasteiger partial charge in [-0.05, 0) is 23.1 Å². The number of hydrogen-bond donors (Lipinski definition) is 0. The number of nitrogens with zero attached hydrogens (tertiary/aromatic N) is 1. The molecule has 1 aromatic rings. The summed E-state index contributed by atoms with van der Waals surface area (Å²) < 4.78 is 12.6. The molecule has 0 fully saturated rings. The van der Waals surface area contributed by atoms with Crippen LogP contribution in [0.5, 0.6) is 0 Å². The van der Waals surface area contributed by atoms with Crippen molar-refractivity contribution in [1.82, 2.24) is 4.90 Å². The molecule has 1 aliphatic heterocycles. The average Bonchev–Trinajstić information content (AvgIpc) is 2.82. The van der Waals surface area contributed by atoms with Crippen molar-refractivity contribution in [2.45, 2.75) is 26.8 Å². The molecule has 0 N–H and O–H groups in total. The van der Waals surface area contributed by atoms with E-state index in [0.717, 1.165) is 17.7 Å². The van der Waals surface area contributed by atoms with Crippen molar-refractivity contribution in [2.24, 2.45) is 5.41 Å². The summed E-state index contributed by atoms with van der Waals surface area (Å²) in [6.07, 6.45) is 10.7. The van der Waals surface area contributed by atoms with Gasteiger partial charge in [-0.1, -0.05) is 74.6 Å². The zero-order valence-electron chi connectivity index (χ0n) is 15.2. The lowest BCUT2D eigenvalue weighted by atomic mass is 9.90. The third-order valence-electron chi connectivity index (χ3n) is 4.83. The van der Waals surface area contributed by atoms with Gasteiger partial charge in [0.05, 0.1) is 0 Å². The zero-order valence-corrected chi connectivity index (χ0v) is 15.2. The number of hydrogen-bond acceptors (Lipinski definition) is 3. The molecule has 0 unspecified atom stereocenters. The Bertz CT molecular complexity index is 788. The Morgan fingerprint density at radius 1 is 1.23 bits per heavy atom. The van der Waals surface area contributed by atoms with E-state index in [9.17, 15) is 9.32 Å². The molecule has 1 aliphatic carbocycles. The standard InChI is InChI=1S/C22H24FNO2/c1-22(2)12-6-9-18(10-13-22)20-16-24(14-11-19(20)21(25)26-23)15-17-7-4-3-5-8-17/h3-10,12-13H,11,14-16H2,1-2H3. The summed E-state index contributed by atoms with van der Waals surface area (Å²) >= 11 is 0. The fourth-order valence-electron chi connectivity index (χ4n) is 3.35. The summed E-state index contributed by atoms with van der Waals surface area (Å²) in [4.78, 5) is 17.8. The third-order valence-corrected chi connectivity index (χ3v) is 4.83. The van der Waals surface area contributed by atoms with Crippen LogP contribution in [-0.4, -0.2) is 24.0 Å². The molecular weight excluding hydrogens is 329 g/mol. The maximum Gasteiger partial charge on any atom is 0.375 e. The summed E-state index contributed by atoms with van der Waals surface area (Å²) in [7, 11) is 0. The summed E-state index contributed by atoms with van der Waals surface area (Å²) in [5, 5.41) is 0. The Kier molecular flexibility index (Phi) is 5.52. The Labute approximate surface area is 154 Å². The first-order valence-electron chi connectivity index (χ1n) is 8.89. The first kappa shape index (κ1) is 18.3. The van der Waals surface area contributed by atoms with Crippen LogP contribution in [-0.2, 0) is 16.3 Å². The monoisotopic (exact) mass is 353 g/mol. The second kappa shape index (κ2) is 7.83. The van der Waals surface area contributed by atoms with Gasteiger partial charge >= 0.3 is 5.97 Å². The molecule has 1 heterocycles. The lowest BCUT2D eigenvalue weighted by Gasteiger charge is -2.30. The van der Waals surface area contributed by atoms with Crippen molar-refractivity contribution in [1.29, 1.82) is 0 Å². The molecule has 26 heavy (non-hydrogen) atoms. The highest BCUT2D eigenvalue weighted by Crippen LogP contribution is 2.30. The minimum absolute atomic E-state index is 0.0576. The minimum Gasteiger partial charge on any atom is -0.294 e. The van der Waals surface area contributed by atoms with Crippen LogP contribution in [0.2, 0.25) is 0 Å². The van der Waals surface area contributed by atoms with Gasteiger partial charge in [-0.3, -0.25) is 4.90 Å². The van der Waals surface area contributed by atoms with Gasteiger partial charge in [-0.15, -0.1) is 0 Å². The van der Waals surface area contributed by atoms with E-state index < -0.39 is 5.97 Å². The predicted octanol–water partition coefficient (Wildman–Crippen LogP) is 4.70. The number of carbonyl (C=O) groups excluding carboxylic acids is 1. The molecule has 0 radical (unpaired) electrons. The summed E-state index contributed by atoms with van der Waals surface area (Å²) in [5.74, 6) is -0.874. The fourth-order valence-corrected chi connectivity index (χ4v) is 3.35. The van der Waals surface area contributed by atoms with E-state index in [2.05, 4.69) is 48.0 Å². The molecular formula is C22H24FNO2. The van der Waals surface area contributed by atoms with E-state index in [-0.39, 0.29) is 5.41 Å². The summed E-state index contributed by atoms with van der Waals surface area (Å²) in [5.41, 5.74) is 3.37. The number of halogens is 1. The fraction of sp³-hybridized carbons (Fsp3) is 0.318. The van der Waals surface area contributed by atoms with Gasteiger partial charge in [0, 0.05) is 35.1 Å². The second-order valence-electron chi connectivity index (χ2n) is 7.40. The number of allylic oxidation sites excluding steroid dienone is 5. The third kappa shape index (κ3) is 4.38. The first-order valence-corrected chi connectivity index (χ1v) is 8.89. The van der Waals surface area contributed by atoms with E-state index in [0.29, 0.717) is 25.1 Å². The van der Waals surface area contributed by atoms with Gasteiger partial charge in [0.2, 0.25) is 0 Å². The molecule has 1 aromatic carbocycles. The van der Waals surface area contributed by atoms with E-state index in [1.165, 1.54) is 5.56 Å². The van der Waals surface area contributed by atoms with Gasteiger partial charge in [0.1, 0.15) is 0 Å². The molecule has 0 saturated carbocycles. The molecule has 0 amide bonds. The van der Waals surface area contributed by atoms with Gasteiger partial charge in [0.25, 0.3) is 0 Å². The number of benzene rings is 1. The maximum absolute atomic E-state index is 12.6. The number of carbonyl (C=O) groups is 1. The average molecular weight is 353 g/mol. The molecule has 2 aliphatic rings. The lowest BCUT2D eigenvalue weighted by Crippen LogP contribution is -2.33. The SMILES string of the molecule is CC1(C)C=CC=C(C2=C(C(=O)OF)CCN(Cc3ccccc3)C2)C=C1. The second-order valence-corrected chi connectivity index (χ2v) is 7.40. The Morgan fingerprint density at radius 3 is 2.73 bits per heavy atom. The smallest absolute Gasteiger partial charge is 0.294 e. The largest absolute Gasteiger partial charge is 0.375 e. The van der Waals surface area contributed by atoms with E-state index in [1.807, 2.05) is 36.4 Å². The summed E-state index contributed by atoms with van der Waals surface area (Å²) in [6, 6.07) is 10.2. The lowest BCUT2D eigenvalue weighted by molar-refractivity contribution is -0.178. The Balaban J connectivity index is 1.89. The van der Waals surface area contributed by atoms with Crippen LogP contribution >= 0.6 is 0 Å². The molecule has 4 heteroatoms. The van der Waals surface area contributed by atoms with Crippen LogP contribution in [0.4, 0.5) is 4.53 Å². The zero-order chi connectivity index (χ0) is 18.6. The Morgan fingerprint density at radius 2 is 2.00 bits per heavy atom. The molecule has 0 saturated heterocycles. The highest BCUT2D eigenvalue weighted by molar-refractivity contribution is 5.90. The predicted molar refractivity (Wildman–Crippen MR) is 101 cm³/mol. The molecule has 3 rings (SSSR count). The van der Waals surface area contributed by atoms with Gasteiger partial charge in [-0.2, -0.15) is 0 Å². The first-order chi connectivity index (χ1) is 12.5. The molecule has 0 spiro atoms. The van der Waals surface area contributed by atoms with Crippen LogP contribution in [0.25, 0.3) is 0 Å². The number of rotatable bonds is 4. The highest BCUT2D eigenvalue weighted by atomic mass is 19.3. The van der Waals surface area contributed by atoms with Crippen molar-refractivity contribution in [3.8, 4) is 0 Å². The van der Waals surface area contributed by atoms with Crippen LogP contribution in [0.1, 0.15) is 25.8 Å². The van der Waals surface area contributed by atoms with Crippen molar-refractivity contribution in [3.63, 3.8) is 0 Å². The van der Waals surface area contributed by atoms with Crippen LogP contribution in [0.15, 0.2) is 77.4 Å². The highest BCUT2D eigenvalue weighted by Gasteiger charge is 2.27. The quantitative estimate of drug-likeness (QED) is 0.786. The maximum atomic E-state index is 12.6. The van der Waals surface area contributed by atoms with Crippen LogP contribution in [0, 0.1) is 5.41 Å². The molecule has 3 nitrogen and oxygen atoms in total. The van der Waals surface area contributed by atoms with E-state index in [4.69, 9.17) is 0 Å². The normalized spacial score (nSPS) is 19.9.